The Morgan fingerprint density at radius 3 is 2.84 bits per heavy atom. The molecule has 1 aliphatic heterocycles. The number of halogens is 1. The second-order valence-corrected chi connectivity index (χ2v) is 6.74. The van der Waals surface area contributed by atoms with Crippen molar-refractivity contribution in [2.45, 2.75) is 18.9 Å². The number of carbonyl (C=O) groups is 1. The summed E-state index contributed by atoms with van der Waals surface area (Å²) in [5.74, 6) is 0.521. The number of fused-ring (bicyclic) bond motifs is 1. The van der Waals surface area contributed by atoms with Gasteiger partial charge in [-0.2, -0.15) is 0 Å². The molecule has 1 atom stereocenters. The highest BCUT2D eigenvalue weighted by Crippen LogP contribution is 2.27. The van der Waals surface area contributed by atoms with Gasteiger partial charge in [-0.1, -0.05) is 29.8 Å². The molecule has 4 rings (SSSR count). The van der Waals surface area contributed by atoms with Crippen LogP contribution in [0.5, 0.6) is 0 Å². The molecule has 25 heavy (non-hydrogen) atoms. The minimum Gasteiger partial charge on any atom is -0.360 e. The van der Waals surface area contributed by atoms with E-state index in [1.54, 1.807) is 6.07 Å². The number of aromatic nitrogens is 2. The van der Waals surface area contributed by atoms with Crippen LogP contribution in [0.2, 0.25) is 5.02 Å². The minimum absolute atomic E-state index is 0.0224. The SMILES string of the molecule is Cn1c(NC(=O)C2CCCN2c2ccccc2)nc2cc(Cl)ccc21. The Hall–Kier alpha value is -2.53. The summed E-state index contributed by atoms with van der Waals surface area (Å²) in [4.78, 5) is 19.5. The molecule has 1 saturated heterocycles. The van der Waals surface area contributed by atoms with Crippen LogP contribution in [-0.4, -0.2) is 28.0 Å². The first-order valence-corrected chi connectivity index (χ1v) is 8.76. The largest absolute Gasteiger partial charge is 0.360 e. The van der Waals surface area contributed by atoms with Crippen LogP contribution in [0.1, 0.15) is 12.8 Å². The monoisotopic (exact) mass is 354 g/mol. The minimum atomic E-state index is -0.175. The average molecular weight is 355 g/mol. The highest BCUT2D eigenvalue weighted by molar-refractivity contribution is 6.31. The van der Waals surface area contributed by atoms with Gasteiger partial charge < -0.3 is 9.47 Å². The molecule has 1 aliphatic rings. The van der Waals surface area contributed by atoms with Crippen LogP contribution in [0.25, 0.3) is 11.0 Å². The van der Waals surface area contributed by atoms with Crippen molar-refractivity contribution in [2.75, 3.05) is 16.8 Å². The molecule has 0 aliphatic carbocycles. The quantitative estimate of drug-likeness (QED) is 0.777. The highest BCUT2D eigenvalue weighted by Gasteiger charge is 2.31. The maximum absolute atomic E-state index is 12.9. The van der Waals surface area contributed by atoms with E-state index >= 15 is 0 Å². The summed E-state index contributed by atoms with van der Waals surface area (Å²) in [6.45, 7) is 0.889. The molecule has 0 radical (unpaired) electrons. The van der Waals surface area contributed by atoms with Gasteiger partial charge in [0.25, 0.3) is 0 Å². The lowest BCUT2D eigenvalue weighted by atomic mass is 10.2. The van der Waals surface area contributed by atoms with E-state index in [2.05, 4.69) is 15.2 Å². The van der Waals surface area contributed by atoms with Crippen molar-refractivity contribution in [2.24, 2.45) is 7.05 Å². The van der Waals surface area contributed by atoms with Crippen LogP contribution >= 0.6 is 11.6 Å². The summed E-state index contributed by atoms with van der Waals surface area (Å²) in [6.07, 6.45) is 1.85. The molecular formula is C19H19ClN4O. The number of nitrogens with one attached hydrogen (secondary N) is 1. The standard InChI is InChI=1S/C19H19ClN4O/c1-23-16-10-9-13(20)12-15(16)21-19(23)22-18(25)17-8-5-11-24(17)14-6-3-2-4-7-14/h2-4,6-7,9-10,12,17H,5,8,11H2,1H3,(H,21,22,25). The number of rotatable bonds is 3. The summed E-state index contributed by atoms with van der Waals surface area (Å²) < 4.78 is 1.88. The number of aryl methyl sites for hydroxylation is 1. The number of hydrogen-bond donors (Lipinski definition) is 1. The second kappa shape index (κ2) is 6.41. The van der Waals surface area contributed by atoms with Crippen LogP contribution in [0.4, 0.5) is 11.6 Å². The van der Waals surface area contributed by atoms with Crippen molar-refractivity contribution in [3.05, 3.63) is 53.6 Å². The zero-order valence-corrected chi connectivity index (χ0v) is 14.7. The number of amides is 1. The van der Waals surface area contributed by atoms with Gasteiger partial charge in [0.05, 0.1) is 11.0 Å². The van der Waals surface area contributed by atoms with Crippen LogP contribution in [0.15, 0.2) is 48.5 Å². The van der Waals surface area contributed by atoms with Gasteiger partial charge >= 0.3 is 0 Å². The zero-order chi connectivity index (χ0) is 17.4. The number of hydrogen-bond acceptors (Lipinski definition) is 3. The van der Waals surface area contributed by atoms with Gasteiger partial charge in [-0.25, -0.2) is 4.98 Å². The lowest BCUT2D eigenvalue weighted by Gasteiger charge is -2.25. The molecule has 128 valence electrons. The van der Waals surface area contributed by atoms with Crippen molar-refractivity contribution in [3.8, 4) is 0 Å². The number of imidazole rings is 1. The molecule has 0 bridgehead atoms. The smallest absolute Gasteiger partial charge is 0.249 e. The molecule has 0 saturated carbocycles. The molecule has 1 aromatic heterocycles. The number of carbonyl (C=O) groups excluding carboxylic acids is 1. The fourth-order valence-corrected chi connectivity index (χ4v) is 3.61. The van der Waals surface area contributed by atoms with Crippen LogP contribution in [-0.2, 0) is 11.8 Å². The Morgan fingerprint density at radius 2 is 2.04 bits per heavy atom. The summed E-state index contributed by atoms with van der Waals surface area (Å²) in [6, 6.07) is 15.4. The lowest BCUT2D eigenvalue weighted by Crippen LogP contribution is -2.40. The maximum atomic E-state index is 12.9. The topological polar surface area (TPSA) is 50.2 Å². The first-order valence-electron chi connectivity index (χ1n) is 8.38. The first kappa shape index (κ1) is 16.0. The van der Waals surface area contributed by atoms with Crippen LogP contribution in [0, 0.1) is 0 Å². The number of nitrogens with zero attached hydrogens (tertiary/aromatic N) is 3. The summed E-state index contributed by atoms with van der Waals surface area (Å²) >= 11 is 6.03. The molecule has 2 aromatic carbocycles. The van der Waals surface area contributed by atoms with Gasteiger partial charge in [0.2, 0.25) is 11.9 Å². The molecule has 0 spiro atoms. The molecule has 1 amide bonds. The molecule has 1 fully saturated rings. The van der Waals surface area contributed by atoms with E-state index in [1.165, 1.54) is 0 Å². The van der Waals surface area contributed by atoms with E-state index in [0.717, 1.165) is 36.1 Å². The van der Waals surface area contributed by atoms with Crippen molar-refractivity contribution in [1.82, 2.24) is 9.55 Å². The zero-order valence-electron chi connectivity index (χ0n) is 13.9. The van der Waals surface area contributed by atoms with Crippen LogP contribution < -0.4 is 10.2 Å². The second-order valence-electron chi connectivity index (χ2n) is 6.30. The number of anilines is 2. The van der Waals surface area contributed by atoms with E-state index in [4.69, 9.17) is 11.6 Å². The summed E-state index contributed by atoms with van der Waals surface area (Å²) in [7, 11) is 1.89. The maximum Gasteiger partial charge on any atom is 0.249 e. The Balaban J connectivity index is 1.58. The Labute approximate surface area is 151 Å². The molecule has 2 heterocycles. The number of benzene rings is 2. The summed E-state index contributed by atoms with van der Waals surface area (Å²) in [5.41, 5.74) is 2.79. The normalized spacial score (nSPS) is 17.2. The molecule has 3 aromatic rings. The first-order chi connectivity index (χ1) is 12.1. The van der Waals surface area contributed by atoms with Crippen molar-refractivity contribution in [1.29, 1.82) is 0 Å². The summed E-state index contributed by atoms with van der Waals surface area (Å²) in [5, 5.41) is 3.62. The van der Waals surface area contributed by atoms with Gasteiger partial charge in [-0.3, -0.25) is 10.1 Å². The Kier molecular flexibility index (Phi) is 4.09. The molecule has 1 unspecified atom stereocenters. The molecule has 1 N–H and O–H groups in total. The fraction of sp³-hybridized carbons (Fsp3) is 0.263. The van der Waals surface area contributed by atoms with Gasteiger partial charge in [0.15, 0.2) is 0 Å². The van der Waals surface area contributed by atoms with E-state index in [1.807, 2.05) is 54.1 Å². The average Bonchev–Trinajstić information content (AvgIpc) is 3.21. The lowest BCUT2D eigenvalue weighted by molar-refractivity contribution is -0.117. The Bertz CT molecular complexity index is 922. The molecular weight excluding hydrogens is 336 g/mol. The van der Waals surface area contributed by atoms with E-state index in [0.29, 0.717) is 11.0 Å². The van der Waals surface area contributed by atoms with E-state index < -0.39 is 0 Å². The van der Waals surface area contributed by atoms with Crippen LogP contribution in [0.3, 0.4) is 0 Å². The van der Waals surface area contributed by atoms with Gasteiger partial charge in [0, 0.05) is 24.3 Å². The highest BCUT2D eigenvalue weighted by atomic mass is 35.5. The van der Waals surface area contributed by atoms with Gasteiger partial charge in [-0.15, -0.1) is 0 Å². The third-order valence-corrected chi connectivity index (χ3v) is 4.96. The third kappa shape index (κ3) is 2.96. The molecule has 6 heteroatoms. The van der Waals surface area contributed by atoms with E-state index in [9.17, 15) is 4.79 Å². The van der Waals surface area contributed by atoms with Crippen molar-refractivity contribution in [3.63, 3.8) is 0 Å². The Morgan fingerprint density at radius 1 is 1.24 bits per heavy atom. The van der Waals surface area contributed by atoms with Crippen molar-refractivity contribution >= 4 is 40.2 Å². The predicted octanol–water partition coefficient (Wildman–Crippen LogP) is 3.83. The third-order valence-electron chi connectivity index (χ3n) is 4.72. The van der Waals surface area contributed by atoms with E-state index in [-0.39, 0.29) is 11.9 Å². The van der Waals surface area contributed by atoms with Gasteiger partial charge in [-0.05, 0) is 43.2 Å². The number of para-hydroxylation sites is 1. The molecule has 5 nitrogen and oxygen atoms in total. The fourth-order valence-electron chi connectivity index (χ4n) is 3.45. The predicted molar refractivity (Wildman–Crippen MR) is 101 cm³/mol. The van der Waals surface area contributed by atoms with Gasteiger partial charge in [0.1, 0.15) is 6.04 Å². The van der Waals surface area contributed by atoms with Crippen molar-refractivity contribution < 1.29 is 4.79 Å².